The fourth-order valence-electron chi connectivity index (χ4n) is 3.17. The van der Waals surface area contributed by atoms with Crippen molar-refractivity contribution in [3.63, 3.8) is 0 Å². The maximum atomic E-state index is 12.9. The topological polar surface area (TPSA) is 105 Å². The van der Waals surface area contributed by atoms with Crippen LogP contribution in [0.3, 0.4) is 0 Å². The molecule has 0 bridgehead atoms. The number of hydrogen-bond acceptors (Lipinski definition) is 5. The smallest absolute Gasteiger partial charge is 0.329 e. The van der Waals surface area contributed by atoms with E-state index in [-0.39, 0.29) is 30.5 Å². The van der Waals surface area contributed by atoms with Crippen molar-refractivity contribution in [2.45, 2.75) is 50.5 Å². The van der Waals surface area contributed by atoms with Crippen LogP contribution in [-0.2, 0) is 16.0 Å². The highest BCUT2D eigenvalue weighted by atomic mass is 19.1. The van der Waals surface area contributed by atoms with E-state index >= 15 is 0 Å². The number of carboxylic acid groups (broad SMARTS) is 1. The van der Waals surface area contributed by atoms with E-state index in [4.69, 9.17) is 4.52 Å². The normalized spacial score (nSPS) is 16.2. The van der Waals surface area contributed by atoms with E-state index in [1.54, 1.807) is 0 Å². The molecule has 0 atom stereocenters. The average Bonchev–Trinajstić information content (AvgIpc) is 3.10. The lowest BCUT2D eigenvalue weighted by Crippen LogP contribution is -2.55. The zero-order valence-electron chi connectivity index (χ0n) is 14.2. The van der Waals surface area contributed by atoms with Crippen LogP contribution in [-0.4, -0.2) is 32.7 Å². The number of aliphatic carboxylic acids is 1. The van der Waals surface area contributed by atoms with Crippen LogP contribution in [0.15, 0.2) is 28.8 Å². The quantitative estimate of drug-likeness (QED) is 0.819. The molecule has 0 spiro atoms. The Morgan fingerprint density at radius 2 is 1.88 bits per heavy atom. The lowest BCUT2D eigenvalue weighted by molar-refractivity contribution is -0.149. The number of nitrogens with one attached hydrogen (secondary N) is 1. The van der Waals surface area contributed by atoms with Gasteiger partial charge in [-0.3, -0.25) is 4.79 Å². The fraction of sp³-hybridized carbons (Fsp3) is 0.444. The summed E-state index contributed by atoms with van der Waals surface area (Å²) in [4.78, 5) is 28.0. The maximum Gasteiger partial charge on any atom is 0.329 e. The number of halogens is 1. The number of carbonyl (C=O) groups excluding carboxylic acids is 1. The van der Waals surface area contributed by atoms with Crippen LogP contribution in [0.5, 0.6) is 0 Å². The first-order valence-electron chi connectivity index (χ1n) is 8.61. The fourth-order valence-corrected chi connectivity index (χ4v) is 3.17. The first-order valence-corrected chi connectivity index (χ1v) is 8.61. The van der Waals surface area contributed by atoms with Crippen molar-refractivity contribution in [1.82, 2.24) is 15.5 Å². The summed E-state index contributed by atoms with van der Waals surface area (Å²) in [5.74, 6) is -1.11. The van der Waals surface area contributed by atoms with Crippen molar-refractivity contribution < 1.29 is 23.6 Å². The Labute approximate surface area is 149 Å². The maximum absolute atomic E-state index is 12.9. The van der Waals surface area contributed by atoms with Crippen LogP contribution < -0.4 is 5.32 Å². The van der Waals surface area contributed by atoms with E-state index in [2.05, 4.69) is 15.5 Å². The number of aromatic nitrogens is 2. The van der Waals surface area contributed by atoms with Gasteiger partial charge in [0.1, 0.15) is 11.4 Å². The summed E-state index contributed by atoms with van der Waals surface area (Å²) in [6, 6.07) is 5.68. The Kier molecular flexibility index (Phi) is 5.29. The van der Waals surface area contributed by atoms with Crippen LogP contribution in [0.4, 0.5) is 4.39 Å². The number of benzene rings is 1. The Hall–Kier alpha value is -2.77. The Bertz CT molecular complexity index is 782. The molecule has 2 N–H and O–H groups in total. The third-order valence-corrected chi connectivity index (χ3v) is 4.63. The van der Waals surface area contributed by atoms with Gasteiger partial charge < -0.3 is 14.9 Å². The lowest BCUT2D eigenvalue weighted by atomic mass is 9.81. The molecule has 8 heteroatoms. The number of rotatable bonds is 6. The largest absolute Gasteiger partial charge is 0.480 e. The van der Waals surface area contributed by atoms with Gasteiger partial charge in [0.15, 0.2) is 0 Å². The summed E-state index contributed by atoms with van der Waals surface area (Å²) in [7, 11) is 0. The van der Waals surface area contributed by atoms with Gasteiger partial charge in [-0.25, -0.2) is 9.18 Å². The number of carboxylic acids is 1. The molecule has 1 aromatic heterocycles. The second-order valence-electron chi connectivity index (χ2n) is 6.51. The van der Waals surface area contributed by atoms with Crippen molar-refractivity contribution in [3.8, 4) is 11.4 Å². The van der Waals surface area contributed by atoms with Crippen LogP contribution in [0.1, 0.15) is 44.4 Å². The van der Waals surface area contributed by atoms with Gasteiger partial charge in [0.05, 0.1) is 0 Å². The third kappa shape index (κ3) is 4.07. The Morgan fingerprint density at radius 3 is 2.54 bits per heavy atom. The molecule has 1 aliphatic rings. The molecule has 0 saturated heterocycles. The third-order valence-electron chi connectivity index (χ3n) is 4.63. The van der Waals surface area contributed by atoms with E-state index in [9.17, 15) is 19.1 Å². The van der Waals surface area contributed by atoms with E-state index < -0.39 is 11.5 Å². The van der Waals surface area contributed by atoms with Crippen LogP contribution in [0.2, 0.25) is 0 Å². The standard InChI is InChI=1S/C18H20FN3O4/c19-13-6-4-12(5-7-13)16-20-15(26-22-16)9-8-14(23)21-18(17(24)25)10-2-1-3-11-18/h4-7H,1-3,8-11H2,(H,21,23)(H,24,25). The summed E-state index contributed by atoms with van der Waals surface area (Å²) < 4.78 is 18.1. The molecular formula is C18H20FN3O4. The van der Waals surface area contributed by atoms with Crippen LogP contribution in [0.25, 0.3) is 11.4 Å². The van der Waals surface area contributed by atoms with Crippen molar-refractivity contribution in [3.05, 3.63) is 36.0 Å². The molecule has 1 heterocycles. The first-order chi connectivity index (χ1) is 12.5. The van der Waals surface area contributed by atoms with Gasteiger partial charge in [0, 0.05) is 18.4 Å². The Morgan fingerprint density at radius 1 is 1.19 bits per heavy atom. The molecule has 0 unspecified atom stereocenters. The van der Waals surface area contributed by atoms with Crippen molar-refractivity contribution in [1.29, 1.82) is 0 Å². The second kappa shape index (κ2) is 7.63. The van der Waals surface area contributed by atoms with Crippen molar-refractivity contribution in [2.75, 3.05) is 0 Å². The molecule has 26 heavy (non-hydrogen) atoms. The van der Waals surface area contributed by atoms with Gasteiger partial charge in [-0.15, -0.1) is 0 Å². The van der Waals surface area contributed by atoms with Gasteiger partial charge in [0.2, 0.25) is 17.6 Å². The summed E-state index contributed by atoms with van der Waals surface area (Å²) in [5.41, 5.74) is -0.554. The zero-order valence-corrected chi connectivity index (χ0v) is 14.2. The molecular weight excluding hydrogens is 341 g/mol. The number of carbonyl (C=O) groups is 2. The SMILES string of the molecule is O=C(CCc1nc(-c2ccc(F)cc2)no1)NC1(C(=O)O)CCCCC1. The average molecular weight is 361 g/mol. The highest BCUT2D eigenvalue weighted by Gasteiger charge is 2.40. The van der Waals surface area contributed by atoms with E-state index in [1.807, 2.05) is 0 Å². The Balaban J connectivity index is 1.58. The highest BCUT2D eigenvalue weighted by Crippen LogP contribution is 2.28. The molecule has 3 rings (SSSR count). The van der Waals surface area contributed by atoms with Crippen molar-refractivity contribution in [2.24, 2.45) is 0 Å². The monoisotopic (exact) mass is 361 g/mol. The molecule has 1 amide bonds. The van der Waals surface area contributed by atoms with Crippen LogP contribution >= 0.6 is 0 Å². The zero-order chi connectivity index (χ0) is 18.6. The van der Waals surface area contributed by atoms with Crippen molar-refractivity contribution >= 4 is 11.9 Å². The predicted octanol–water partition coefficient (Wildman–Crippen LogP) is 2.71. The van der Waals surface area contributed by atoms with Gasteiger partial charge in [-0.05, 0) is 37.1 Å². The van der Waals surface area contributed by atoms with E-state index in [1.165, 1.54) is 24.3 Å². The second-order valence-corrected chi connectivity index (χ2v) is 6.51. The number of hydrogen-bond donors (Lipinski definition) is 2. The van der Waals surface area contributed by atoms with Gasteiger partial charge in [-0.1, -0.05) is 24.4 Å². The molecule has 1 saturated carbocycles. The minimum Gasteiger partial charge on any atom is -0.480 e. The number of nitrogens with zero attached hydrogens (tertiary/aromatic N) is 2. The van der Waals surface area contributed by atoms with Crippen LogP contribution in [0, 0.1) is 5.82 Å². The predicted molar refractivity (Wildman–Crippen MR) is 89.6 cm³/mol. The number of aryl methyl sites for hydroxylation is 1. The van der Waals surface area contributed by atoms with Gasteiger partial charge in [0.25, 0.3) is 0 Å². The summed E-state index contributed by atoms with van der Waals surface area (Å²) in [6.45, 7) is 0. The van der Waals surface area contributed by atoms with Gasteiger partial charge in [-0.2, -0.15) is 4.98 Å². The summed E-state index contributed by atoms with van der Waals surface area (Å²) in [5, 5.41) is 16.0. The highest BCUT2D eigenvalue weighted by molar-refractivity contribution is 5.87. The minimum absolute atomic E-state index is 0.0556. The molecule has 7 nitrogen and oxygen atoms in total. The molecule has 1 aromatic carbocycles. The molecule has 1 aliphatic carbocycles. The minimum atomic E-state index is -1.16. The van der Waals surface area contributed by atoms with Gasteiger partial charge >= 0.3 is 5.97 Å². The lowest BCUT2D eigenvalue weighted by Gasteiger charge is -2.33. The summed E-state index contributed by atoms with van der Waals surface area (Å²) in [6.07, 6.45) is 3.72. The molecule has 0 aliphatic heterocycles. The molecule has 2 aromatic rings. The number of amides is 1. The first kappa shape index (κ1) is 18.0. The molecule has 138 valence electrons. The molecule has 0 radical (unpaired) electrons. The summed E-state index contributed by atoms with van der Waals surface area (Å²) >= 11 is 0. The molecule has 1 fully saturated rings. The van der Waals surface area contributed by atoms with E-state index in [0.29, 0.717) is 24.2 Å². The van der Waals surface area contributed by atoms with E-state index in [0.717, 1.165) is 19.3 Å².